The van der Waals surface area contributed by atoms with Crippen LogP contribution in [0.5, 0.6) is 5.75 Å². The first kappa shape index (κ1) is 22.8. The number of hydrogen-bond donors (Lipinski definition) is 2. The molecule has 1 aliphatic heterocycles. The fourth-order valence-electron chi connectivity index (χ4n) is 4.57. The van der Waals surface area contributed by atoms with Gasteiger partial charge in [-0.25, -0.2) is 0 Å². The molecular formula is C25H28N4O3S. The van der Waals surface area contributed by atoms with Gasteiger partial charge >= 0.3 is 5.97 Å². The number of rotatable bonds is 7. The Bertz CT molecular complexity index is 1140. The number of esters is 1. The summed E-state index contributed by atoms with van der Waals surface area (Å²) in [6.07, 6.45) is 2.76. The summed E-state index contributed by atoms with van der Waals surface area (Å²) in [5.41, 5.74) is 5.21. The van der Waals surface area contributed by atoms with Gasteiger partial charge in [0.1, 0.15) is 5.75 Å². The number of methoxy groups -OCH3 is 1. The van der Waals surface area contributed by atoms with Crippen LogP contribution in [0.15, 0.2) is 54.7 Å². The van der Waals surface area contributed by atoms with Crippen LogP contribution in [0.25, 0.3) is 5.69 Å². The van der Waals surface area contributed by atoms with Crippen molar-refractivity contribution in [1.29, 1.82) is 0 Å². The van der Waals surface area contributed by atoms with Crippen molar-refractivity contribution in [1.82, 2.24) is 19.8 Å². The minimum atomic E-state index is -0.226. The number of phenolic OH excluding ortho intramolecular Hbond substituents is 1. The van der Waals surface area contributed by atoms with Crippen LogP contribution in [0, 0.1) is 13.8 Å². The smallest absolute Gasteiger partial charge is 0.305 e. The number of thiocarbonyl (C=S) groups is 1. The Kier molecular flexibility index (Phi) is 6.65. The molecule has 8 heteroatoms. The lowest BCUT2D eigenvalue weighted by Gasteiger charge is -2.28. The third-order valence-electron chi connectivity index (χ3n) is 6.10. The summed E-state index contributed by atoms with van der Waals surface area (Å²) in [5, 5.41) is 13.8. The highest BCUT2D eigenvalue weighted by atomic mass is 32.1. The molecule has 1 aromatic carbocycles. The summed E-state index contributed by atoms with van der Waals surface area (Å²) in [7, 11) is 1.41. The van der Waals surface area contributed by atoms with Crippen LogP contribution in [0.1, 0.15) is 47.6 Å². The molecule has 0 bridgehead atoms. The summed E-state index contributed by atoms with van der Waals surface area (Å²) in [6, 6.07) is 15.1. The van der Waals surface area contributed by atoms with Crippen molar-refractivity contribution < 1.29 is 14.6 Å². The van der Waals surface area contributed by atoms with Crippen LogP contribution in [0.4, 0.5) is 0 Å². The second kappa shape index (κ2) is 9.62. The van der Waals surface area contributed by atoms with Crippen molar-refractivity contribution in [3.63, 3.8) is 0 Å². The van der Waals surface area contributed by atoms with Crippen LogP contribution in [-0.2, 0) is 9.53 Å². The van der Waals surface area contributed by atoms with Crippen molar-refractivity contribution in [2.45, 2.75) is 38.8 Å². The molecule has 1 saturated heterocycles. The number of nitrogens with zero attached hydrogens (tertiary/aromatic N) is 3. The number of ether oxygens (including phenoxy) is 1. The van der Waals surface area contributed by atoms with Gasteiger partial charge in [0.15, 0.2) is 5.11 Å². The molecule has 1 fully saturated rings. The van der Waals surface area contributed by atoms with Gasteiger partial charge in [-0.2, -0.15) is 0 Å². The Morgan fingerprint density at radius 3 is 2.64 bits per heavy atom. The van der Waals surface area contributed by atoms with Crippen LogP contribution < -0.4 is 5.32 Å². The largest absolute Gasteiger partial charge is 0.508 e. The van der Waals surface area contributed by atoms with Gasteiger partial charge in [-0.15, -0.1) is 0 Å². The van der Waals surface area contributed by atoms with Gasteiger partial charge in [0.25, 0.3) is 0 Å². The minimum absolute atomic E-state index is 0.0814. The Balaban J connectivity index is 1.74. The quantitative estimate of drug-likeness (QED) is 0.402. The fourth-order valence-corrected chi connectivity index (χ4v) is 4.90. The van der Waals surface area contributed by atoms with E-state index in [0.717, 1.165) is 28.3 Å². The zero-order valence-corrected chi connectivity index (χ0v) is 19.8. The standard InChI is InChI=1S/C25H28N4O3S/c1-16-15-20(17(2)29(16)18-9-11-19(30)12-10-18)24-23(21-7-4-5-13-26-21)27-25(33)28(24)14-6-8-22(31)32-3/h4-5,7,9-13,15,23-24,30H,6,8,14H2,1-3H3,(H,27,33)/t23-,24+/m0/s1. The minimum Gasteiger partial charge on any atom is -0.508 e. The maximum Gasteiger partial charge on any atom is 0.305 e. The van der Waals surface area contributed by atoms with Crippen molar-refractivity contribution >= 4 is 23.3 Å². The molecule has 0 unspecified atom stereocenters. The first-order chi connectivity index (χ1) is 15.9. The average Bonchev–Trinajstić information content (AvgIpc) is 3.30. The number of benzene rings is 1. The van der Waals surface area contributed by atoms with Crippen molar-refractivity contribution in [2.75, 3.05) is 13.7 Å². The molecule has 33 heavy (non-hydrogen) atoms. The summed E-state index contributed by atoms with van der Waals surface area (Å²) in [5.74, 6) is 0.00943. The zero-order chi connectivity index (χ0) is 23.5. The molecule has 0 aliphatic carbocycles. The van der Waals surface area contributed by atoms with Crippen molar-refractivity contribution in [3.8, 4) is 11.4 Å². The molecule has 2 N–H and O–H groups in total. The van der Waals surface area contributed by atoms with E-state index in [4.69, 9.17) is 17.0 Å². The summed E-state index contributed by atoms with van der Waals surface area (Å²) < 4.78 is 6.98. The maximum atomic E-state index is 11.7. The second-order valence-corrected chi connectivity index (χ2v) is 8.56. The van der Waals surface area contributed by atoms with E-state index >= 15 is 0 Å². The van der Waals surface area contributed by atoms with Gasteiger partial charge in [0, 0.05) is 36.2 Å². The molecule has 7 nitrogen and oxygen atoms in total. The Morgan fingerprint density at radius 2 is 1.97 bits per heavy atom. The number of aromatic nitrogens is 2. The molecule has 3 aromatic rings. The number of carbonyl (C=O) groups is 1. The normalized spacial score (nSPS) is 17.8. The molecule has 3 heterocycles. The molecule has 0 amide bonds. The fraction of sp³-hybridized carbons (Fsp3) is 0.320. The summed E-state index contributed by atoms with van der Waals surface area (Å²) >= 11 is 5.73. The Morgan fingerprint density at radius 1 is 1.21 bits per heavy atom. The second-order valence-electron chi connectivity index (χ2n) is 8.18. The van der Waals surface area contributed by atoms with E-state index in [1.165, 1.54) is 7.11 Å². The van der Waals surface area contributed by atoms with E-state index in [1.54, 1.807) is 18.3 Å². The first-order valence-electron chi connectivity index (χ1n) is 10.9. The van der Waals surface area contributed by atoms with Gasteiger partial charge < -0.3 is 24.6 Å². The number of pyridine rings is 1. The topological polar surface area (TPSA) is 79.6 Å². The number of aromatic hydroxyl groups is 1. The van der Waals surface area contributed by atoms with E-state index in [0.29, 0.717) is 24.5 Å². The number of carbonyl (C=O) groups excluding carboxylic acids is 1. The molecule has 2 aromatic heterocycles. The first-order valence-corrected chi connectivity index (χ1v) is 11.3. The third-order valence-corrected chi connectivity index (χ3v) is 6.45. The maximum absolute atomic E-state index is 11.7. The monoisotopic (exact) mass is 464 g/mol. The average molecular weight is 465 g/mol. The number of nitrogens with one attached hydrogen (secondary N) is 1. The summed E-state index contributed by atoms with van der Waals surface area (Å²) in [6.45, 7) is 4.79. The number of aryl methyl sites for hydroxylation is 1. The molecule has 0 radical (unpaired) electrons. The SMILES string of the molecule is COC(=O)CCCN1C(=S)N[C@@H](c2ccccn2)[C@H]1c1cc(C)n(-c2ccc(O)cc2)c1C. The Labute approximate surface area is 199 Å². The molecule has 2 atom stereocenters. The van der Waals surface area contributed by atoms with Crippen LogP contribution in [0.3, 0.4) is 0 Å². The number of hydrogen-bond acceptors (Lipinski definition) is 5. The van der Waals surface area contributed by atoms with Crippen molar-refractivity contribution in [3.05, 3.63) is 77.4 Å². The third kappa shape index (κ3) is 4.57. The van der Waals surface area contributed by atoms with Gasteiger partial charge in [0.05, 0.1) is 24.9 Å². The molecule has 172 valence electrons. The van der Waals surface area contributed by atoms with Crippen molar-refractivity contribution in [2.24, 2.45) is 0 Å². The molecular weight excluding hydrogens is 436 g/mol. The van der Waals surface area contributed by atoms with Gasteiger partial charge in [-0.1, -0.05) is 6.07 Å². The van der Waals surface area contributed by atoms with Gasteiger partial charge in [0.2, 0.25) is 0 Å². The summed E-state index contributed by atoms with van der Waals surface area (Å²) in [4.78, 5) is 18.4. The molecule has 4 rings (SSSR count). The predicted molar refractivity (Wildman–Crippen MR) is 130 cm³/mol. The molecule has 0 spiro atoms. The van der Waals surface area contributed by atoms with E-state index in [2.05, 4.69) is 39.7 Å². The van der Waals surface area contributed by atoms with Gasteiger partial charge in [-0.05, 0) is 80.5 Å². The lowest BCUT2D eigenvalue weighted by molar-refractivity contribution is -0.140. The van der Waals surface area contributed by atoms with Crippen LogP contribution in [-0.4, -0.2) is 44.3 Å². The lowest BCUT2D eigenvalue weighted by atomic mass is 9.96. The molecule has 0 saturated carbocycles. The van der Waals surface area contributed by atoms with Crippen LogP contribution in [0.2, 0.25) is 0 Å². The van der Waals surface area contributed by atoms with Gasteiger partial charge in [-0.3, -0.25) is 9.78 Å². The lowest BCUT2D eigenvalue weighted by Crippen LogP contribution is -2.31. The highest BCUT2D eigenvalue weighted by Crippen LogP contribution is 2.41. The highest BCUT2D eigenvalue weighted by Gasteiger charge is 2.41. The Hall–Kier alpha value is -3.39. The predicted octanol–water partition coefficient (Wildman–Crippen LogP) is 4.12. The van der Waals surface area contributed by atoms with Crippen LogP contribution >= 0.6 is 12.2 Å². The number of phenols is 1. The highest BCUT2D eigenvalue weighted by molar-refractivity contribution is 7.80. The van der Waals surface area contributed by atoms with E-state index in [-0.39, 0.29) is 23.8 Å². The van der Waals surface area contributed by atoms with E-state index in [9.17, 15) is 9.90 Å². The van der Waals surface area contributed by atoms with E-state index < -0.39 is 0 Å². The van der Waals surface area contributed by atoms with E-state index in [1.807, 2.05) is 30.3 Å². The zero-order valence-electron chi connectivity index (χ0n) is 19.0. The molecule has 1 aliphatic rings.